The number of rotatable bonds is 6. The number of carboxylic acid groups (broad SMARTS) is 1. The third-order valence-electron chi connectivity index (χ3n) is 5.07. The lowest BCUT2D eigenvalue weighted by Crippen LogP contribution is -2.55. The molecule has 0 aromatic heterocycles. The first-order chi connectivity index (χ1) is 12.0. The molecule has 5 nitrogen and oxygen atoms in total. The number of carboxylic acids is 1. The van der Waals surface area contributed by atoms with Crippen LogP contribution in [0, 0.1) is 18.3 Å². The number of carbonyl (C=O) groups excluding carboxylic acids is 1. The average molecular weight is 361 g/mol. The van der Waals surface area contributed by atoms with Gasteiger partial charge in [0.05, 0.1) is 10.7 Å². The molecule has 132 valence electrons. The normalized spacial score (nSPS) is 18.4. The van der Waals surface area contributed by atoms with Crippen molar-refractivity contribution in [3.05, 3.63) is 23.2 Å². The molecule has 0 radical (unpaired) electrons. The van der Waals surface area contributed by atoms with Crippen molar-refractivity contribution in [2.24, 2.45) is 5.92 Å². The lowest BCUT2D eigenvalue weighted by molar-refractivity contribution is -0.144. The number of nitrogens with one attached hydrogen (secondary N) is 1. The van der Waals surface area contributed by atoms with Crippen molar-refractivity contribution in [1.29, 1.82) is 0 Å². The molecule has 2 aliphatic rings. The summed E-state index contributed by atoms with van der Waals surface area (Å²) in [6, 6.07) is 5.11. The molecule has 0 heterocycles. The van der Waals surface area contributed by atoms with Crippen LogP contribution < -0.4 is 10.2 Å². The summed E-state index contributed by atoms with van der Waals surface area (Å²) in [5, 5.41) is 13.6. The van der Waals surface area contributed by atoms with E-state index < -0.39 is 17.4 Å². The second-order valence-corrected chi connectivity index (χ2v) is 7.22. The van der Waals surface area contributed by atoms with Gasteiger partial charge < -0.3 is 10.4 Å². The fourth-order valence-electron chi connectivity index (χ4n) is 3.48. The Labute approximate surface area is 152 Å². The van der Waals surface area contributed by atoms with Crippen LogP contribution in [0.15, 0.2) is 18.2 Å². The van der Waals surface area contributed by atoms with E-state index >= 15 is 0 Å². The molecule has 0 atom stereocenters. The van der Waals surface area contributed by atoms with E-state index in [0.717, 1.165) is 25.1 Å². The number of hydrogen-bond acceptors (Lipinski definition) is 3. The molecule has 1 aromatic rings. The van der Waals surface area contributed by atoms with Gasteiger partial charge in [0, 0.05) is 12.2 Å². The monoisotopic (exact) mass is 360 g/mol. The van der Waals surface area contributed by atoms with E-state index in [4.69, 9.17) is 18.0 Å². The summed E-state index contributed by atoms with van der Waals surface area (Å²) in [6.45, 7) is 0.866. The second kappa shape index (κ2) is 6.97. The Bertz CT molecular complexity index is 731. The molecular weight excluding hydrogens is 340 g/mol. The third-order valence-corrected chi connectivity index (χ3v) is 5.39. The van der Waals surface area contributed by atoms with E-state index in [1.807, 2.05) is 0 Å². The molecule has 0 unspecified atom stereocenters. The van der Waals surface area contributed by atoms with Crippen LogP contribution in [0.2, 0.25) is 5.02 Å². The van der Waals surface area contributed by atoms with Crippen molar-refractivity contribution >= 4 is 34.9 Å². The second-order valence-electron chi connectivity index (χ2n) is 6.82. The van der Waals surface area contributed by atoms with E-state index in [1.165, 1.54) is 17.7 Å². The van der Waals surface area contributed by atoms with Crippen molar-refractivity contribution in [3.63, 3.8) is 0 Å². The van der Waals surface area contributed by atoms with Crippen LogP contribution in [0.4, 0.5) is 11.4 Å². The van der Waals surface area contributed by atoms with Gasteiger partial charge in [0.1, 0.15) is 5.54 Å². The minimum absolute atomic E-state index is 0.384. The quantitative estimate of drug-likeness (QED) is 0.761. The number of nitrogens with zero attached hydrogens (tertiary/aromatic N) is 1. The van der Waals surface area contributed by atoms with E-state index in [2.05, 4.69) is 11.2 Å². The van der Waals surface area contributed by atoms with Gasteiger partial charge in [-0.05, 0) is 55.7 Å². The molecule has 0 aliphatic heterocycles. The fourth-order valence-corrected chi connectivity index (χ4v) is 3.72. The highest BCUT2D eigenvalue weighted by atomic mass is 35.5. The number of benzene rings is 1. The maximum atomic E-state index is 12.4. The molecule has 3 rings (SSSR count). The van der Waals surface area contributed by atoms with Gasteiger partial charge in [-0.15, -0.1) is 6.42 Å². The molecule has 2 fully saturated rings. The van der Waals surface area contributed by atoms with Crippen LogP contribution in [0.25, 0.3) is 0 Å². The fraction of sp³-hybridized carbons (Fsp3) is 0.474. The van der Waals surface area contributed by atoms with Crippen molar-refractivity contribution in [2.75, 3.05) is 16.8 Å². The summed E-state index contributed by atoms with van der Waals surface area (Å²) in [6.07, 6.45) is 10.0. The molecule has 1 aromatic carbocycles. The molecule has 25 heavy (non-hydrogen) atoms. The van der Waals surface area contributed by atoms with Gasteiger partial charge in [-0.2, -0.15) is 0 Å². The Kier molecular flexibility index (Phi) is 4.91. The summed E-state index contributed by atoms with van der Waals surface area (Å²) < 4.78 is 0. The SMILES string of the molecule is C#CC(=O)N(c1ccc(NCC2CC2)c(Cl)c1)C1(C(=O)O)CCCC1. The molecule has 0 saturated heterocycles. The number of anilines is 2. The molecule has 2 N–H and O–H groups in total. The van der Waals surface area contributed by atoms with Crippen LogP contribution in [0.3, 0.4) is 0 Å². The zero-order valence-electron chi connectivity index (χ0n) is 13.9. The Morgan fingerprint density at radius 2 is 2.04 bits per heavy atom. The van der Waals surface area contributed by atoms with Crippen LogP contribution >= 0.6 is 11.6 Å². The summed E-state index contributed by atoms with van der Waals surface area (Å²) in [5.41, 5.74) is -0.0918. The minimum atomic E-state index is -1.30. The van der Waals surface area contributed by atoms with Gasteiger partial charge >= 0.3 is 11.9 Å². The maximum absolute atomic E-state index is 12.4. The molecule has 6 heteroatoms. The first-order valence-corrected chi connectivity index (χ1v) is 8.93. The zero-order valence-corrected chi connectivity index (χ0v) is 14.7. The van der Waals surface area contributed by atoms with Gasteiger partial charge in [0.25, 0.3) is 0 Å². The van der Waals surface area contributed by atoms with Crippen molar-refractivity contribution < 1.29 is 14.7 Å². The number of amides is 1. The predicted molar refractivity (Wildman–Crippen MR) is 97.8 cm³/mol. The molecule has 0 spiro atoms. The Hall–Kier alpha value is -2.19. The molecule has 0 bridgehead atoms. The number of terminal acetylenes is 1. The predicted octanol–water partition coefficient (Wildman–Crippen LogP) is 3.53. The first kappa shape index (κ1) is 17.6. The molecule has 2 saturated carbocycles. The molecular formula is C19H21ClN2O3. The highest BCUT2D eigenvalue weighted by molar-refractivity contribution is 6.33. The average Bonchev–Trinajstić information content (AvgIpc) is 3.29. The van der Waals surface area contributed by atoms with E-state index in [9.17, 15) is 14.7 Å². The smallest absolute Gasteiger partial charge is 0.330 e. The van der Waals surface area contributed by atoms with E-state index in [0.29, 0.717) is 29.5 Å². The van der Waals surface area contributed by atoms with Crippen LogP contribution in [-0.4, -0.2) is 29.1 Å². The molecule has 1 amide bonds. The highest BCUT2D eigenvalue weighted by Gasteiger charge is 2.49. The van der Waals surface area contributed by atoms with Crippen LogP contribution in [-0.2, 0) is 9.59 Å². The van der Waals surface area contributed by atoms with Crippen LogP contribution in [0.5, 0.6) is 0 Å². The minimum Gasteiger partial charge on any atom is -0.479 e. The van der Waals surface area contributed by atoms with Crippen molar-refractivity contribution in [3.8, 4) is 12.3 Å². The van der Waals surface area contributed by atoms with Gasteiger partial charge in [0.15, 0.2) is 0 Å². The Morgan fingerprint density at radius 1 is 1.36 bits per heavy atom. The Morgan fingerprint density at radius 3 is 2.56 bits per heavy atom. The van der Waals surface area contributed by atoms with Crippen LogP contribution in [0.1, 0.15) is 38.5 Å². The van der Waals surface area contributed by atoms with Gasteiger partial charge in [-0.3, -0.25) is 9.69 Å². The summed E-state index contributed by atoms with van der Waals surface area (Å²) in [5.74, 6) is 1.08. The third kappa shape index (κ3) is 3.45. The van der Waals surface area contributed by atoms with Gasteiger partial charge in [-0.25, -0.2) is 4.79 Å². The Balaban J connectivity index is 1.93. The lowest BCUT2D eigenvalue weighted by Gasteiger charge is -2.36. The van der Waals surface area contributed by atoms with Crippen molar-refractivity contribution in [1.82, 2.24) is 0 Å². The van der Waals surface area contributed by atoms with E-state index in [1.54, 1.807) is 18.2 Å². The summed E-state index contributed by atoms with van der Waals surface area (Å²) in [7, 11) is 0. The van der Waals surface area contributed by atoms with Gasteiger partial charge in [-0.1, -0.05) is 24.4 Å². The largest absolute Gasteiger partial charge is 0.479 e. The standard InChI is InChI=1S/C19H21ClN2O3/c1-2-17(23)22(19(18(24)25)9-3-4-10-19)14-7-8-16(15(20)11-14)21-12-13-5-6-13/h1,7-8,11,13,21H,3-6,9-10,12H2,(H,24,25). The zero-order chi connectivity index (χ0) is 18.0. The number of hydrogen-bond donors (Lipinski definition) is 2. The number of carbonyl (C=O) groups is 2. The summed E-state index contributed by atoms with van der Waals surface area (Å²) in [4.78, 5) is 25.6. The van der Waals surface area contributed by atoms with E-state index in [-0.39, 0.29) is 0 Å². The first-order valence-electron chi connectivity index (χ1n) is 8.55. The maximum Gasteiger partial charge on any atom is 0.330 e. The number of aliphatic carboxylic acids is 1. The van der Waals surface area contributed by atoms with Crippen molar-refractivity contribution in [2.45, 2.75) is 44.1 Å². The summed E-state index contributed by atoms with van der Waals surface area (Å²) >= 11 is 6.36. The highest BCUT2D eigenvalue weighted by Crippen LogP contribution is 2.40. The molecule has 2 aliphatic carbocycles. The lowest BCUT2D eigenvalue weighted by atomic mass is 9.94. The number of halogens is 1. The topological polar surface area (TPSA) is 69.6 Å². The van der Waals surface area contributed by atoms with Gasteiger partial charge in [0.2, 0.25) is 0 Å².